The van der Waals surface area contributed by atoms with Gasteiger partial charge in [-0.3, -0.25) is 14.6 Å². The van der Waals surface area contributed by atoms with Crippen LogP contribution in [0.4, 0.5) is 10.3 Å². The second-order valence-electron chi connectivity index (χ2n) is 8.52. The molecule has 2 aromatic heterocycles. The summed E-state index contributed by atoms with van der Waals surface area (Å²) in [6.45, 7) is 1.65. The van der Waals surface area contributed by atoms with Crippen LogP contribution in [0.15, 0.2) is 58.7 Å². The zero-order valence-electron chi connectivity index (χ0n) is 19.2. The van der Waals surface area contributed by atoms with Crippen molar-refractivity contribution in [2.45, 2.75) is 19.4 Å². The predicted molar refractivity (Wildman–Crippen MR) is 135 cm³/mol. The minimum absolute atomic E-state index is 0.0250. The van der Waals surface area contributed by atoms with E-state index in [9.17, 15) is 14.0 Å². The number of hydrogen-bond acceptors (Lipinski definition) is 6. The maximum atomic E-state index is 14.4. The maximum Gasteiger partial charge on any atom is 0.270 e. The summed E-state index contributed by atoms with van der Waals surface area (Å²) in [6, 6.07) is 14.1. The minimum atomic E-state index is -0.350. The number of nitrogens with one attached hydrogen (secondary N) is 2. The van der Waals surface area contributed by atoms with Crippen molar-refractivity contribution in [1.82, 2.24) is 15.3 Å². The lowest BCUT2D eigenvalue weighted by molar-refractivity contribution is -0.125. The van der Waals surface area contributed by atoms with Crippen molar-refractivity contribution in [3.63, 3.8) is 0 Å². The molecule has 180 valence electrons. The standard InChI is InChI=1S/C26H25FN4O3S/c1-34-18-8-6-16(7-9-18)14-28-24(32)17-10-12-31(13-11-17)26-29-22-20(15-35-23(22)25(33)30-26)19-4-2-3-5-21(19)27/h2-9,15,17H,10-14H2,1H3,(H,28,32)(H,29,30,33). The van der Waals surface area contributed by atoms with Gasteiger partial charge in [0.2, 0.25) is 11.9 Å². The van der Waals surface area contributed by atoms with Crippen molar-refractivity contribution in [2.24, 2.45) is 5.92 Å². The van der Waals surface area contributed by atoms with Gasteiger partial charge in [0.1, 0.15) is 16.3 Å². The van der Waals surface area contributed by atoms with Gasteiger partial charge in [-0.1, -0.05) is 30.3 Å². The average Bonchev–Trinajstić information content (AvgIpc) is 3.32. The van der Waals surface area contributed by atoms with Crippen molar-refractivity contribution in [3.8, 4) is 16.9 Å². The van der Waals surface area contributed by atoms with E-state index in [1.165, 1.54) is 17.4 Å². The van der Waals surface area contributed by atoms with Crippen LogP contribution >= 0.6 is 11.3 Å². The number of carbonyl (C=O) groups is 1. The van der Waals surface area contributed by atoms with Crippen LogP contribution in [-0.4, -0.2) is 36.1 Å². The number of nitrogens with zero attached hydrogens (tertiary/aromatic N) is 2. The number of aromatic amines is 1. The van der Waals surface area contributed by atoms with Crippen molar-refractivity contribution < 1.29 is 13.9 Å². The molecular weight excluding hydrogens is 467 g/mol. The Morgan fingerprint density at radius 3 is 2.63 bits per heavy atom. The average molecular weight is 493 g/mol. The SMILES string of the molecule is COc1ccc(CNC(=O)C2CCN(c3nc4c(-c5ccccc5F)csc4c(=O)[nH]3)CC2)cc1. The third kappa shape index (κ3) is 4.77. The highest BCUT2D eigenvalue weighted by Gasteiger charge is 2.26. The van der Waals surface area contributed by atoms with Crippen LogP contribution in [0, 0.1) is 11.7 Å². The predicted octanol–water partition coefficient (Wildman–Crippen LogP) is 4.33. The van der Waals surface area contributed by atoms with Crippen molar-refractivity contribution in [1.29, 1.82) is 0 Å². The van der Waals surface area contributed by atoms with E-state index >= 15 is 0 Å². The molecule has 0 bridgehead atoms. The van der Waals surface area contributed by atoms with Crippen LogP contribution in [0.1, 0.15) is 18.4 Å². The molecule has 4 aromatic rings. The normalized spacial score (nSPS) is 14.3. The summed E-state index contributed by atoms with van der Waals surface area (Å²) in [4.78, 5) is 35.0. The molecule has 1 saturated heterocycles. The van der Waals surface area contributed by atoms with E-state index in [1.54, 1.807) is 30.7 Å². The molecule has 9 heteroatoms. The molecule has 1 fully saturated rings. The lowest BCUT2D eigenvalue weighted by Gasteiger charge is -2.31. The molecule has 0 atom stereocenters. The number of thiophene rings is 1. The quantitative estimate of drug-likeness (QED) is 0.418. The van der Waals surface area contributed by atoms with Gasteiger partial charge in [0.05, 0.1) is 12.6 Å². The van der Waals surface area contributed by atoms with E-state index in [1.807, 2.05) is 29.2 Å². The van der Waals surface area contributed by atoms with Crippen LogP contribution in [0.25, 0.3) is 21.3 Å². The van der Waals surface area contributed by atoms with Crippen molar-refractivity contribution in [2.75, 3.05) is 25.1 Å². The van der Waals surface area contributed by atoms with Gasteiger partial charge in [0.15, 0.2) is 0 Å². The third-order valence-corrected chi connectivity index (χ3v) is 7.34. The molecule has 0 saturated carbocycles. The number of H-pyrrole nitrogens is 1. The van der Waals surface area contributed by atoms with Crippen LogP contribution in [0.3, 0.4) is 0 Å². The molecule has 2 aromatic carbocycles. The summed E-state index contributed by atoms with van der Waals surface area (Å²) in [5.41, 5.74) is 2.31. The fourth-order valence-corrected chi connectivity index (χ4v) is 5.27. The number of anilines is 1. The second kappa shape index (κ2) is 9.87. The highest BCUT2D eigenvalue weighted by atomic mass is 32.1. The van der Waals surface area contributed by atoms with Crippen LogP contribution in [0.5, 0.6) is 5.75 Å². The van der Waals surface area contributed by atoms with E-state index in [4.69, 9.17) is 9.72 Å². The van der Waals surface area contributed by atoms with Crippen molar-refractivity contribution >= 4 is 33.4 Å². The summed E-state index contributed by atoms with van der Waals surface area (Å²) in [6.07, 6.45) is 1.31. The summed E-state index contributed by atoms with van der Waals surface area (Å²) in [5, 5.41) is 4.79. The van der Waals surface area contributed by atoms with Gasteiger partial charge in [-0.15, -0.1) is 11.3 Å². The molecule has 2 N–H and O–H groups in total. The van der Waals surface area contributed by atoms with E-state index < -0.39 is 0 Å². The largest absolute Gasteiger partial charge is 0.497 e. The Labute approximate surface area is 205 Å². The molecule has 0 aliphatic carbocycles. The number of amides is 1. The number of piperidine rings is 1. The number of halogens is 1. The van der Waals surface area contributed by atoms with E-state index in [2.05, 4.69) is 10.3 Å². The van der Waals surface area contributed by atoms with E-state index in [0.29, 0.717) is 59.8 Å². The topological polar surface area (TPSA) is 87.3 Å². The number of ether oxygens (including phenoxy) is 1. The summed E-state index contributed by atoms with van der Waals surface area (Å²) < 4.78 is 20.0. The molecule has 5 rings (SSSR count). The number of rotatable bonds is 6. The van der Waals surface area contributed by atoms with E-state index in [-0.39, 0.29) is 23.2 Å². The first-order chi connectivity index (χ1) is 17.0. The van der Waals surface area contributed by atoms with Gasteiger partial charge < -0.3 is 15.0 Å². The Hall–Kier alpha value is -3.72. The van der Waals surface area contributed by atoms with Gasteiger partial charge >= 0.3 is 0 Å². The zero-order valence-corrected chi connectivity index (χ0v) is 20.0. The first kappa shape index (κ1) is 23.0. The molecule has 0 unspecified atom stereocenters. The van der Waals surface area contributed by atoms with Gasteiger partial charge in [0.25, 0.3) is 5.56 Å². The number of aromatic nitrogens is 2. The van der Waals surface area contributed by atoms with Gasteiger partial charge in [0, 0.05) is 42.1 Å². The fourth-order valence-electron chi connectivity index (χ4n) is 4.37. The van der Waals surface area contributed by atoms with Crippen LogP contribution < -0.4 is 20.5 Å². The fraction of sp³-hybridized carbons (Fsp3) is 0.269. The Kier molecular flexibility index (Phi) is 6.50. The van der Waals surface area contributed by atoms with Crippen LogP contribution in [0.2, 0.25) is 0 Å². The molecule has 1 aliphatic heterocycles. The molecule has 1 amide bonds. The maximum absolute atomic E-state index is 14.4. The monoisotopic (exact) mass is 492 g/mol. The third-order valence-electron chi connectivity index (χ3n) is 6.37. The first-order valence-electron chi connectivity index (χ1n) is 11.5. The lowest BCUT2D eigenvalue weighted by atomic mass is 9.96. The van der Waals surface area contributed by atoms with E-state index in [0.717, 1.165) is 11.3 Å². The smallest absolute Gasteiger partial charge is 0.270 e. The Morgan fingerprint density at radius 1 is 1.17 bits per heavy atom. The van der Waals surface area contributed by atoms with Gasteiger partial charge in [-0.2, -0.15) is 0 Å². The molecule has 1 aliphatic rings. The number of benzene rings is 2. The summed E-state index contributed by atoms with van der Waals surface area (Å²) in [5.74, 6) is 0.806. The molecule has 3 heterocycles. The zero-order chi connectivity index (χ0) is 24.4. The lowest BCUT2D eigenvalue weighted by Crippen LogP contribution is -2.41. The van der Waals surface area contributed by atoms with Crippen molar-refractivity contribution in [3.05, 3.63) is 75.6 Å². The highest BCUT2D eigenvalue weighted by molar-refractivity contribution is 7.17. The Bertz CT molecular complexity index is 1410. The second-order valence-corrected chi connectivity index (χ2v) is 9.40. The molecule has 0 spiro atoms. The summed E-state index contributed by atoms with van der Waals surface area (Å²) in [7, 11) is 1.62. The Morgan fingerprint density at radius 2 is 1.91 bits per heavy atom. The highest BCUT2D eigenvalue weighted by Crippen LogP contribution is 2.33. The summed E-state index contributed by atoms with van der Waals surface area (Å²) >= 11 is 1.26. The first-order valence-corrected chi connectivity index (χ1v) is 12.3. The molecule has 35 heavy (non-hydrogen) atoms. The molecular formula is C26H25FN4O3S. The Balaban J connectivity index is 1.26. The number of carbonyl (C=O) groups excluding carboxylic acids is 1. The van der Waals surface area contributed by atoms with Gasteiger partial charge in [-0.25, -0.2) is 9.37 Å². The minimum Gasteiger partial charge on any atom is -0.497 e. The van der Waals surface area contributed by atoms with Gasteiger partial charge in [-0.05, 0) is 36.6 Å². The number of methoxy groups -OCH3 is 1. The van der Waals surface area contributed by atoms with Crippen LogP contribution in [-0.2, 0) is 11.3 Å². The molecule has 0 radical (unpaired) electrons. The molecule has 7 nitrogen and oxygen atoms in total. The number of fused-ring (bicyclic) bond motifs is 1. The number of hydrogen-bond donors (Lipinski definition) is 2.